The third-order valence-corrected chi connectivity index (χ3v) is 5.38. The lowest BCUT2D eigenvalue weighted by atomic mass is 10.2. The van der Waals surface area contributed by atoms with Crippen molar-refractivity contribution in [3.63, 3.8) is 0 Å². The lowest BCUT2D eigenvalue weighted by Gasteiger charge is -2.35. The number of rotatable bonds is 5. The van der Waals surface area contributed by atoms with E-state index in [9.17, 15) is 9.59 Å². The van der Waals surface area contributed by atoms with Gasteiger partial charge in [0.2, 0.25) is 0 Å². The van der Waals surface area contributed by atoms with Gasteiger partial charge in [-0.15, -0.1) is 0 Å². The monoisotopic (exact) mass is 418 g/mol. The van der Waals surface area contributed by atoms with Crippen molar-refractivity contribution in [1.29, 1.82) is 0 Å². The van der Waals surface area contributed by atoms with Crippen LogP contribution in [0.4, 0.5) is 5.69 Å². The van der Waals surface area contributed by atoms with Crippen molar-refractivity contribution in [2.24, 2.45) is 5.10 Å². The lowest BCUT2D eigenvalue weighted by molar-refractivity contribution is -0.111. The van der Waals surface area contributed by atoms with Crippen molar-refractivity contribution in [2.75, 3.05) is 31.6 Å². The second kappa shape index (κ2) is 9.14. The minimum absolute atomic E-state index is 0.0772. The molecule has 1 N–H and O–H groups in total. The zero-order chi connectivity index (χ0) is 21.8. The summed E-state index contributed by atoms with van der Waals surface area (Å²) in [6, 6.07) is 17.0. The molecule has 0 amide bonds. The quantitative estimate of drug-likeness (QED) is 0.389. The highest BCUT2D eigenvalue weighted by atomic mass is 16.3. The Morgan fingerprint density at radius 1 is 1.06 bits per heavy atom. The Kier molecular flexibility index (Phi) is 6.13. The highest BCUT2D eigenvalue weighted by molar-refractivity contribution is 6.37. The molecule has 1 aromatic heterocycles. The van der Waals surface area contributed by atoms with Crippen LogP contribution in [0, 0.1) is 6.92 Å². The van der Waals surface area contributed by atoms with Gasteiger partial charge in [0.1, 0.15) is 11.3 Å². The molecule has 1 fully saturated rings. The zero-order valence-corrected chi connectivity index (χ0v) is 17.8. The number of amidine groups is 1. The summed E-state index contributed by atoms with van der Waals surface area (Å²) in [5.41, 5.74) is 5.31. The number of hydrogen-bond donors (Lipinski definition) is 1. The van der Waals surface area contributed by atoms with E-state index in [1.165, 1.54) is 18.6 Å². The predicted octanol–water partition coefficient (Wildman–Crippen LogP) is 3.23. The van der Waals surface area contributed by atoms with Crippen LogP contribution in [0.2, 0.25) is 0 Å². The second-order valence-electron chi connectivity index (χ2n) is 7.78. The Bertz CT molecular complexity index is 1160. The Morgan fingerprint density at radius 2 is 1.81 bits per heavy atom. The van der Waals surface area contributed by atoms with Crippen LogP contribution in [0.15, 0.2) is 68.9 Å². The van der Waals surface area contributed by atoms with Crippen LogP contribution in [-0.2, 0) is 11.3 Å². The standard InChI is InChI=1S/C24H26N4O3/c1-17-14-22(30)21-9-8-20(15-23(21)31-17)25-26-24(18(2)29)28-12-10-27(11-13-28)16-19-6-4-3-5-7-19/h3-9,14-15,25H,10-13,16H2,1-2H3/b26-24-. The number of anilines is 1. The van der Waals surface area contributed by atoms with Crippen molar-refractivity contribution < 1.29 is 9.21 Å². The molecule has 0 saturated carbocycles. The Morgan fingerprint density at radius 3 is 2.52 bits per heavy atom. The summed E-state index contributed by atoms with van der Waals surface area (Å²) in [5, 5.41) is 4.90. The van der Waals surface area contributed by atoms with Gasteiger partial charge in [-0.05, 0) is 24.6 Å². The number of hydrazone groups is 1. The van der Waals surface area contributed by atoms with Crippen molar-refractivity contribution >= 4 is 28.3 Å². The molecule has 7 heteroatoms. The minimum Gasteiger partial charge on any atom is -0.461 e. The fraction of sp³-hybridized carbons (Fsp3) is 0.292. The molecule has 1 aliphatic rings. The lowest BCUT2D eigenvalue weighted by Crippen LogP contribution is -2.50. The number of nitrogens with zero attached hydrogens (tertiary/aromatic N) is 3. The average molecular weight is 418 g/mol. The molecular formula is C24H26N4O3. The van der Waals surface area contributed by atoms with E-state index in [0.717, 1.165) is 32.7 Å². The number of nitrogens with one attached hydrogen (secondary N) is 1. The smallest absolute Gasteiger partial charge is 0.196 e. The summed E-state index contributed by atoms with van der Waals surface area (Å²) < 4.78 is 5.64. The molecule has 160 valence electrons. The van der Waals surface area contributed by atoms with E-state index in [-0.39, 0.29) is 11.2 Å². The van der Waals surface area contributed by atoms with E-state index >= 15 is 0 Å². The summed E-state index contributed by atoms with van der Waals surface area (Å²) in [5.74, 6) is 0.869. The normalized spacial score (nSPS) is 15.3. The molecule has 4 rings (SSSR count). The second-order valence-corrected chi connectivity index (χ2v) is 7.78. The highest BCUT2D eigenvalue weighted by Crippen LogP contribution is 2.18. The minimum atomic E-state index is -0.0906. The van der Waals surface area contributed by atoms with Gasteiger partial charge in [0.15, 0.2) is 17.0 Å². The number of benzene rings is 2. The summed E-state index contributed by atoms with van der Waals surface area (Å²) in [6.45, 7) is 7.37. The van der Waals surface area contributed by atoms with Crippen LogP contribution in [0.25, 0.3) is 11.0 Å². The summed E-state index contributed by atoms with van der Waals surface area (Å²) >= 11 is 0. The van der Waals surface area contributed by atoms with Gasteiger partial charge in [0.25, 0.3) is 0 Å². The van der Waals surface area contributed by atoms with E-state index in [2.05, 4.69) is 39.7 Å². The first-order chi connectivity index (χ1) is 15.0. The molecule has 0 unspecified atom stereocenters. The third kappa shape index (κ3) is 5.00. The van der Waals surface area contributed by atoms with Crippen LogP contribution in [-0.4, -0.2) is 47.6 Å². The number of carbonyl (C=O) groups excluding carboxylic acids is 1. The number of Topliss-reactive ketones (excluding diaryl/α,β-unsaturated/α-hetero) is 1. The van der Waals surface area contributed by atoms with Crippen LogP contribution in [0.5, 0.6) is 0 Å². The molecular weight excluding hydrogens is 392 g/mol. The van der Waals surface area contributed by atoms with Crippen molar-refractivity contribution in [1.82, 2.24) is 9.80 Å². The molecule has 0 bridgehead atoms. The average Bonchev–Trinajstić information content (AvgIpc) is 2.75. The maximum atomic E-state index is 12.3. The van der Waals surface area contributed by atoms with Crippen LogP contribution >= 0.6 is 0 Å². The molecule has 31 heavy (non-hydrogen) atoms. The molecule has 2 aromatic carbocycles. The van der Waals surface area contributed by atoms with Gasteiger partial charge in [-0.2, -0.15) is 5.10 Å². The maximum Gasteiger partial charge on any atom is 0.196 e. The van der Waals surface area contributed by atoms with Crippen LogP contribution in [0.3, 0.4) is 0 Å². The largest absolute Gasteiger partial charge is 0.461 e. The highest BCUT2D eigenvalue weighted by Gasteiger charge is 2.22. The Hall–Kier alpha value is -3.45. The van der Waals surface area contributed by atoms with E-state index in [4.69, 9.17) is 4.42 Å². The van der Waals surface area contributed by atoms with E-state index < -0.39 is 0 Å². The molecule has 0 atom stereocenters. The SMILES string of the molecule is CC(=O)/C(=N/Nc1ccc2c(=O)cc(C)oc2c1)N1CCN(Cc2ccccc2)CC1. The molecule has 0 aliphatic carbocycles. The number of aryl methyl sites for hydroxylation is 1. The predicted molar refractivity (Wildman–Crippen MR) is 122 cm³/mol. The van der Waals surface area contributed by atoms with Gasteiger partial charge in [0, 0.05) is 51.8 Å². The maximum absolute atomic E-state index is 12.3. The molecule has 3 aromatic rings. The molecule has 0 spiro atoms. The fourth-order valence-corrected chi connectivity index (χ4v) is 3.79. The molecule has 7 nitrogen and oxygen atoms in total. The van der Waals surface area contributed by atoms with E-state index in [0.29, 0.717) is 28.3 Å². The number of ketones is 1. The molecule has 1 saturated heterocycles. The first-order valence-corrected chi connectivity index (χ1v) is 10.4. The molecule has 1 aliphatic heterocycles. The fourth-order valence-electron chi connectivity index (χ4n) is 3.79. The molecule has 0 radical (unpaired) electrons. The van der Waals surface area contributed by atoms with Crippen LogP contribution in [0.1, 0.15) is 18.2 Å². The van der Waals surface area contributed by atoms with Crippen LogP contribution < -0.4 is 10.9 Å². The van der Waals surface area contributed by atoms with Gasteiger partial charge >= 0.3 is 0 Å². The van der Waals surface area contributed by atoms with E-state index in [1.807, 2.05) is 11.0 Å². The Labute approximate surface area is 181 Å². The van der Waals surface area contributed by atoms with Crippen molar-refractivity contribution in [2.45, 2.75) is 20.4 Å². The van der Waals surface area contributed by atoms with Gasteiger partial charge in [-0.1, -0.05) is 30.3 Å². The Balaban J connectivity index is 1.44. The first kappa shape index (κ1) is 20.8. The third-order valence-electron chi connectivity index (χ3n) is 5.38. The number of piperazine rings is 1. The summed E-state index contributed by atoms with van der Waals surface area (Å²) in [7, 11) is 0. The zero-order valence-electron chi connectivity index (χ0n) is 17.8. The van der Waals surface area contributed by atoms with Crippen molar-refractivity contribution in [3.05, 3.63) is 76.1 Å². The molecule has 2 heterocycles. The van der Waals surface area contributed by atoms with Gasteiger partial charge in [-0.3, -0.25) is 19.9 Å². The number of fused-ring (bicyclic) bond motifs is 1. The number of carbonyl (C=O) groups is 1. The number of hydrogen-bond acceptors (Lipinski definition) is 6. The van der Waals surface area contributed by atoms with Gasteiger partial charge in [0.05, 0.1) is 11.1 Å². The van der Waals surface area contributed by atoms with Gasteiger partial charge in [-0.25, -0.2) is 0 Å². The van der Waals surface area contributed by atoms with Crippen molar-refractivity contribution in [3.8, 4) is 0 Å². The van der Waals surface area contributed by atoms with Gasteiger partial charge < -0.3 is 9.32 Å². The first-order valence-electron chi connectivity index (χ1n) is 10.4. The summed E-state index contributed by atoms with van der Waals surface area (Å²) in [4.78, 5) is 28.7. The van der Waals surface area contributed by atoms with E-state index in [1.54, 1.807) is 25.1 Å². The summed E-state index contributed by atoms with van der Waals surface area (Å²) in [6.07, 6.45) is 0. The topological polar surface area (TPSA) is 78.1 Å².